The van der Waals surface area contributed by atoms with Crippen molar-refractivity contribution in [3.8, 4) is 0 Å². The van der Waals surface area contributed by atoms with Gasteiger partial charge in [-0.15, -0.1) is 0 Å². The summed E-state index contributed by atoms with van der Waals surface area (Å²) >= 11 is 3.42. The second-order valence-electron chi connectivity index (χ2n) is 6.98. The van der Waals surface area contributed by atoms with Gasteiger partial charge < -0.3 is 4.43 Å². The summed E-state index contributed by atoms with van der Waals surface area (Å²) in [4.78, 5) is 0. The lowest BCUT2D eigenvalue weighted by Crippen LogP contribution is -2.49. The third-order valence-corrected chi connectivity index (χ3v) is 8.57. The minimum Gasteiger partial charge on any atom is -0.410 e. The van der Waals surface area contributed by atoms with Crippen LogP contribution in [0, 0.1) is 0 Å². The largest absolute Gasteiger partial charge is 0.410 e. The summed E-state index contributed by atoms with van der Waals surface area (Å²) in [7, 11) is -1.74. The Labute approximate surface area is 120 Å². The van der Waals surface area contributed by atoms with E-state index >= 15 is 0 Å². The van der Waals surface area contributed by atoms with E-state index in [1.807, 2.05) is 17.1 Å². The van der Waals surface area contributed by atoms with E-state index < -0.39 is 8.32 Å². The van der Waals surface area contributed by atoms with Gasteiger partial charge in [-0.1, -0.05) is 20.8 Å². The standard InChI is InChI=1S/C13H25BrN2OSi/c1-12(2,3)18(6,7)17-13(4,5)10-16-9-11(14)8-15-16/h8-9H,10H2,1-7H3. The SMILES string of the molecule is CC(C)(Cn1cc(Br)cn1)O[Si](C)(C)C(C)(C)C. The lowest BCUT2D eigenvalue weighted by atomic mass is 10.1. The first-order chi connectivity index (χ1) is 7.93. The maximum atomic E-state index is 6.47. The predicted octanol–water partition coefficient (Wildman–Crippen LogP) is 4.45. The molecule has 1 aromatic heterocycles. The molecule has 0 N–H and O–H groups in total. The van der Waals surface area contributed by atoms with E-state index in [0.29, 0.717) is 0 Å². The zero-order chi connectivity index (χ0) is 14.2. The van der Waals surface area contributed by atoms with E-state index in [-0.39, 0.29) is 10.6 Å². The van der Waals surface area contributed by atoms with Crippen LogP contribution in [0.25, 0.3) is 0 Å². The Bertz CT molecular complexity index is 407. The Morgan fingerprint density at radius 1 is 1.28 bits per heavy atom. The molecule has 0 aliphatic carbocycles. The van der Waals surface area contributed by atoms with Crippen molar-refractivity contribution in [2.75, 3.05) is 0 Å². The average Bonchev–Trinajstić information content (AvgIpc) is 2.45. The molecule has 0 aliphatic heterocycles. The summed E-state index contributed by atoms with van der Waals surface area (Å²) in [5.74, 6) is 0. The number of aromatic nitrogens is 2. The maximum absolute atomic E-state index is 6.47. The van der Waals surface area contributed by atoms with E-state index in [1.165, 1.54) is 0 Å². The Morgan fingerprint density at radius 2 is 1.83 bits per heavy atom. The lowest BCUT2D eigenvalue weighted by Gasteiger charge is -2.42. The summed E-state index contributed by atoms with van der Waals surface area (Å²) < 4.78 is 9.40. The van der Waals surface area contributed by atoms with Crippen LogP contribution in [-0.4, -0.2) is 23.7 Å². The van der Waals surface area contributed by atoms with Gasteiger partial charge in [-0.05, 0) is 47.9 Å². The molecule has 0 bridgehead atoms. The molecule has 5 heteroatoms. The number of halogens is 1. The number of hydrogen-bond acceptors (Lipinski definition) is 2. The molecule has 0 unspecified atom stereocenters. The number of nitrogens with zero attached hydrogens (tertiary/aromatic N) is 2. The predicted molar refractivity (Wildman–Crippen MR) is 82.3 cm³/mol. The zero-order valence-electron chi connectivity index (χ0n) is 12.5. The highest BCUT2D eigenvalue weighted by atomic mass is 79.9. The average molecular weight is 333 g/mol. The van der Waals surface area contributed by atoms with Crippen molar-refractivity contribution < 1.29 is 4.43 Å². The smallest absolute Gasteiger partial charge is 0.192 e. The lowest BCUT2D eigenvalue weighted by molar-refractivity contribution is 0.0691. The van der Waals surface area contributed by atoms with Gasteiger partial charge in [0.25, 0.3) is 0 Å². The summed E-state index contributed by atoms with van der Waals surface area (Å²) in [6.45, 7) is 16.4. The third-order valence-electron chi connectivity index (χ3n) is 3.48. The first-order valence-corrected chi connectivity index (χ1v) is 10.0. The third kappa shape index (κ3) is 4.21. The summed E-state index contributed by atoms with van der Waals surface area (Å²) in [5.41, 5.74) is -0.200. The van der Waals surface area contributed by atoms with E-state index in [4.69, 9.17) is 4.43 Å². The Morgan fingerprint density at radius 3 is 2.22 bits per heavy atom. The maximum Gasteiger partial charge on any atom is 0.192 e. The quantitative estimate of drug-likeness (QED) is 0.762. The molecule has 0 amide bonds. The van der Waals surface area contributed by atoms with Crippen LogP contribution in [-0.2, 0) is 11.0 Å². The molecule has 1 aromatic rings. The second-order valence-corrected chi connectivity index (χ2v) is 12.6. The fourth-order valence-corrected chi connectivity index (χ4v) is 3.77. The summed E-state index contributed by atoms with van der Waals surface area (Å²) in [5, 5.41) is 4.53. The first kappa shape index (κ1) is 15.9. The van der Waals surface area contributed by atoms with Crippen molar-refractivity contribution in [1.82, 2.24) is 9.78 Å². The molecule has 0 aromatic carbocycles. The van der Waals surface area contributed by atoms with E-state index in [2.05, 4.69) is 68.7 Å². The molecule has 0 saturated carbocycles. The van der Waals surface area contributed by atoms with Gasteiger partial charge >= 0.3 is 0 Å². The van der Waals surface area contributed by atoms with Gasteiger partial charge in [-0.2, -0.15) is 5.10 Å². The molecule has 18 heavy (non-hydrogen) atoms. The zero-order valence-corrected chi connectivity index (χ0v) is 15.1. The fourth-order valence-electron chi connectivity index (χ4n) is 1.69. The second kappa shape index (κ2) is 5.10. The van der Waals surface area contributed by atoms with Crippen LogP contribution in [0.3, 0.4) is 0 Å². The molecule has 0 fully saturated rings. The molecule has 0 atom stereocenters. The molecule has 0 radical (unpaired) electrons. The number of hydrogen-bond donors (Lipinski definition) is 0. The van der Waals surface area contributed by atoms with Crippen molar-refractivity contribution in [1.29, 1.82) is 0 Å². The molecule has 0 saturated heterocycles. The van der Waals surface area contributed by atoms with Crippen LogP contribution >= 0.6 is 15.9 Å². The van der Waals surface area contributed by atoms with Gasteiger partial charge in [-0.3, -0.25) is 4.68 Å². The summed E-state index contributed by atoms with van der Waals surface area (Å²) in [6.07, 6.45) is 3.79. The fraction of sp³-hybridized carbons (Fsp3) is 0.769. The Kier molecular flexibility index (Phi) is 4.51. The van der Waals surface area contributed by atoms with Gasteiger partial charge in [0, 0.05) is 6.20 Å². The molecule has 104 valence electrons. The van der Waals surface area contributed by atoms with Crippen LogP contribution in [0.15, 0.2) is 16.9 Å². The molecule has 1 rings (SSSR count). The summed E-state index contributed by atoms with van der Waals surface area (Å²) in [6, 6.07) is 0. The van der Waals surface area contributed by atoms with Crippen LogP contribution in [0.4, 0.5) is 0 Å². The van der Waals surface area contributed by atoms with E-state index in [9.17, 15) is 0 Å². The van der Waals surface area contributed by atoms with Crippen LogP contribution < -0.4 is 0 Å². The highest BCUT2D eigenvalue weighted by Crippen LogP contribution is 2.39. The van der Waals surface area contributed by atoms with Gasteiger partial charge in [0.05, 0.1) is 22.8 Å². The number of rotatable bonds is 4. The minimum absolute atomic E-state index is 0.200. The highest BCUT2D eigenvalue weighted by molar-refractivity contribution is 9.10. The van der Waals surface area contributed by atoms with E-state index in [0.717, 1.165) is 11.0 Å². The van der Waals surface area contributed by atoms with Crippen molar-refractivity contribution >= 4 is 24.2 Å². The van der Waals surface area contributed by atoms with Gasteiger partial charge in [-0.25, -0.2) is 0 Å². The molecular weight excluding hydrogens is 308 g/mol. The Balaban J connectivity index is 2.76. The molecular formula is C13H25BrN2OSi. The normalized spacial score (nSPS) is 14.0. The van der Waals surface area contributed by atoms with Gasteiger partial charge in [0.1, 0.15) is 0 Å². The van der Waals surface area contributed by atoms with Crippen LogP contribution in [0.5, 0.6) is 0 Å². The van der Waals surface area contributed by atoms with E-state index in [1.54, 1.807) is 0 Å². The highest BCUT2D eigenvalue weighted by Gasteiger charge is 2.41. The first-order valence-electron chi connectivity index (χ1n) is 6.31. The minimum atomic E-state index is -1.74. The van der Waals surface area contributed by atoms with Crippen molar-refractivity contribution in [3.05, 3.63) is 16.9 Å². The van der Waals surface area contributed by atoms with Crippen molar-refractivity contribution in [3.63, 3.8) is 0 Å². The monoisotopic (exact) mass is 332 g/mol. The van der Waals surface area contributed by atoms with Gasteiger partial charge in [0.15, 0.2) is 8.32 Å². The van der Waals surface area contributed by atoms with Crippen LogP contribution in [0.2, 0.25) is 18.1 Å². The molecule has 3 nitrogen and oxygen atoms in total. The Hall–Kier alpha value is -0.133. The molecule has 0 aliphatic rings. The molecule has 0 spiro atoms. The van der Waals surface area contributed by atoms with Crippen molar-refractivity contribution in [2.45, 2.75) is 64.9 Å². The molecule has 1 heterocycles. The van der Waals surface area contributed by atoms with Crippen molar-refractivity contribution in [2.24, 2.45) is 0 Å². The van der Waals surface area contributed by atoms with Gasteiger partial charge in [0.2, 0.25) is 0 Å². The topological polar surface area (TPSA) is 27.1 Å². The van der Waals surface area contributed by atoms with Crippen LogP contribution in [0.1, 0.15) is 34.6 Å².